The Balaban J connectivity index is 0.00000529. The summed E-state index contributed by atoms with van der Waals surface area (Å²) in [5.41, 5.74) is 1.16. The summed E-state index contributed by atoms with van der Waals surface area (Å²) in [4.78, 5) is 4.25. The lowest BCUT2D eigenvalue weighted by Crippen LogP contribution is -2.37. The molecule has 1 aromatic rings. The highest BCUT2D eigenvalue weighted by molar-refractivity contribution is 14.0. The van der Waals surface area contributed by atoms with Gasteiger partial charge in [-0.3, -0.25) is 4.99 Å². The number of aliphatic imine (C=N–C) groups is 1. The van der Waals surface area contributed by atoms with Crippen LogP contribution in [0.2, 0.25) is 0 Å². The summed E-state index contributed by atoms with van der Waals surface area (Å²) in [6.07, 6.45) is 5.00. The third-order valence-corrected chi connectivity index (χ3v) is 3.46. The number of hydrogen-bond acceptors (Lipinski definition) is 3. The number of rotatable bonds is 11. The van der Waals surface area contributed by atoms with Gasteiger partial charge in [0, 0.05) is 27.2 Å². The SMILES string of the molecule is CCCCCCNC(=NC)NCc1cccc(OCCOC)c1.I. The van der Waals surface area contributed by atoms with E-state index >= 15 is 0 Å². The van der Waals surface area contributed by atoms with Gasteiger partial charge in [-0.05, 0) is 24.1 Å². The van der Waals surface area contributed by atoms with Gasteiger partial charge >= 0.3 is 0 Å². The molecular formula is C18H32IN3O2. The molecule has 0 spiro atoms. The molecule has 0 saturated carbocycles. The second-order valence-electron chi connectivity index (χ2n) is 5.40. The molecule has 138 valence electrons. The van der Waals surface area contributed by atoms with E-state index in [2.05, 4.69) is 28.6 Å². The molecule has 2 N–H and O–H groups in total. The van der Waals surface area contributed by atoms with Crippen LogP contribution in [-0.4, -0.2) is 39.9 Å². The molecule has 0 aromatic heterocycles. The molecule has 0 atom stereocenters. The molecule has 5 nitrogen and oxygen atoms in total. The molecule has 0 unspecified atom stereocenters. The Hall–Kier alpha value is -1.02. The van der Waals surface area contributed by atoms with Crippen LogP contribution in [0, 0.1) is 0 Å². The highest BCUT2D eigenvalue weighted by Gasteiger charge is 2.00. The van der Waals surface area contributed by atoms with Gasteiger partial charge in [0.05, 0.1) is 6.61 Å². The fourth-order valence-electron chi connectivity index (χ4n) is 2.15. The first-order valence-corrected chi connectivity index (χ1v) is 8.45. The van der Waals surface area contributed by atoms with E-state index in [1.807, 2.05) is 18.2 Å². The van der Waals surface area contributed by atoms with Crippen LogP contribution in [0.15, 0.2) is 29.3 Å². The number of nitrogens with zero attached hydrogens (tertiary/aromatic N) is 1. The summed E-state index contributed by atoms with van der Waals surface area (Å²) >= 11 is 0. The zero-order valence-corrected chi connectivity index (χ0v) is 17.5. The van der Waals surface area contributed by atoms with Crippen molar-refractivity contribution in [2.24, 2.45) is 4.99 Å². The molecule has 0 fully saturated rings. The molecule has 24 heavy (non-hydrogen) atoms. The van der Waals surface area contributed by atoms with Crippen molar-refractivity contribution in [2.75, 3.05) is 33.9 Å². The molecule has 1 aromatic carbocycles. The number of methoxy groups -OCH3 is 1. The van der Waals surface area contributed by atoms with Crippen molar-refractivity contribution in [1.82, 2.24) is 10.6 Å². The number of guanidine groups is 1. The molecule has 0 heterocycles. The van der Waals surface area contributed by atoms with Crippen LogP contribution in [0.3, 0.4) is 0 Å². The summed E-state index contributed by atoms with van der Waals surface area (Å²) < 4.78 is 10.6. The number of nitrogens with one attached hydrogen (secondary N) is 2. The zero-order chi connectivity index (χ0) is 16.8. The van der Waals surface area contributed by atoms with Gasteiger partial charge in [-0.2, -0.15) is 0 Å². The van der Waals surface area contributed by atoms with Crippen LogP contribution in [0.5, 0.6) is 5.75 Å². The number of unbranched alkanes of at least 4 members (excludes halogenated alkanes) is 3. The van der Waals surface area contributed by atoms with E-state index < -0.39 is 0 Å². The molecule has 0 saturated heterocycles. The fraction of sp³-hybridized carbons (Fsp3) is 0.611. The second kappa shape index (κ2) is 15.5. The highest BCUT2D eigenvalue weighted by Crippen LogP contribution is 2.13. The second-order valence-corrected chi connectivity index (χ2v) is 5.40. The van der Waals surface area contributed by atoms with Crippen molar-refractivity contribution >= 4 is 29.9 Å². The Bertz CT molecular complexity index is 456. The summed E-state index contributed by atoms with van der Waals surface area (Å²) in [6.45, 7) is 5.06. The number of benzene rings is 1. The molecule has 0 amide bonds. The molecule has 0 bridgehead atoms. The maximum atomic E-state index is 5.62. The quantitative estimate of drug-likeness (QED) is 0.235. The molecule has 6 heteroatoms. The van der Waals surface area contributed by atoms with Crippen LogP contribution in [-0.2, 0) is 11.3 Å². The average Bonchev–Trinajstić information content (AvgIpc) is 2.58. The molecule has 1 rings (SSSR count). The molecular weight excluding hydrogens is 417 g/mol. The Morgan fingerprint density at radius 1 is 1.12 bits per heavy atom. The first-order valence-electron chi connectivity index (χ1n) is 8.45. The van der Waals surface area contributed by atoms with E-state index in [1.54, 1.807) is 14.2 Å². The predicted octanol–water partition coefficient (Wildman–Crippen LogP) is 3.58. The highest BCUT2D eigenvalue weighted by atomic mass is 127. The lowest BCUT2D eigenvalue weighted by atomic mass is 10.2. The van der Waals surface area contributed by atoms with Gasteiger partial charge in [-0.25, -0.2) is 0 Å². The van der Waals surface area contributed by atoms with Crippen LogP contribution in [0.25, 0.3) is 0 Å². The summed E-state index contributed by atoms with van der Waals surface area (Å²) in [5.74, 6) is 1.70. The predicted molar refractivity (Wildman–Crippen MR) is 112 cm³/mol. The maximum absolute atomic E-state index is 5.62. The Morgan fingerprint density at radius 3 is 2.67 bits per heavy atom. The first-order chi connectivity index (χ1) is 11.3. The van der Waals surface area contributed by atoms with E-state index in [0.29, 0.717) is 13.2 Å². The number of hydrogen-bond donors (Lipinski definition) is 2. The van der Waals surface area contributed by atoms with E-state index in [-0.39, 0.29) is 24.0 Å². The topological polar surface area (TPSA) is 54.9 Å². The molecule has 0 aliphatic carbocycles. The summed E-state index contributed by atoms with van der Waals surface area (Å²) in [6, 6.07) is 8.07. The summed E-state index contributed by atoms with van der Waals surface area (Å²) in [7, 11) is 3.47. The third-order valence-electron chi connectivity index (χ3n) is 3.46. The zero-order valence-electron chi connectivity index (χ0n) is 15.1. The minimum atomic E-state index is 0. The van der Waals surface area contributed by atoms with E-state index in [0.717, 1.165) is 30.4 Å². The minimum absolute atomic E-state index is 0. The van der Waals surface area contributed by atoms with Gasteiger partial charge < -0.3 is 20.1 Å². The number of ether oxygens (including phenoxy) is 2. The van der Waals surface area contributed by atoms with Crippen LogP contribution < -0.4 is 15.4 Å². The molecule has 0 aliphatic heterocycles. The standard InChI is InChI=1S/C18H31N3O2.HI/c1-4-5-6-7-11-20-18(19-2)21-15-16-9-8-10-17(14-16)23-13-12-22-3;/h8-10,14H,4-7,11-13,15H2,1-3H3,(H2,19,20,21);1H. The lowest BCUT2D eigenvalue weighted by molar-refractivity contribution is 0.146. The Morgan fingerprint density at radius 2 is 1.96 bits per heavy atom. The van der Waals surface area contributed by atoms with Crippen LogP contribution >= 0.6 is 24.0 Å². The monoisotopic (exact) mass is 449 g/mol. The van der Waals surface area contributed by atoms with Crippen molar-refractivity contribution in [1.29, 1.82) is 0 Å². The average molecular weight is 449 g/mol. The Labute approximate surface area is 163 Å². The van der Waals surface area contributed by atoms with Crippen molar-refractivity contribution in [2.45, 2.75) is 39.2 Å². The number of halogens is 1. The fourth-order valence-corrected chi connectivity index (χ4v) is 2.15. The summed E-state index contributed by atoms with van der Waals surface area (Å²) in [5, 5.41) is 6.68. The van der Waals surface area contributed by atoms with Crippen molar-refractivity contribution in [3.8, 4) is 5.75 Å². The molecule has 0 aliphatic rings. The normalized spacial score (nSPS) is 10.9. The van der Waals surface area contributed by atoms with Gasteiger partial charge in [0.25, 0.3) is 0 Å². The maximum Gasteiger partial charge on any atom is 0.191 e. The van der Waals surface area contributed by atoms with Crippen molar-refractivity contribution < 1.29 is 9.47 Å². The third kappa shape index (κ3) is 10.7. The largest absolute Gasteiger partial charge is 0.491 e. The van der Waals surface area contributed by atoms with Gasteiger partial charge in [-0.1, -0.05) is 38.3 Å². The van der Waals surface area contributed by atoms with E-state index in [1.165, 1.54) is 25.7 Å². The smallest absolute Gasteiger partial charge is 0.191 e. The van der Waals surface area contributed by atoms with Gasteiger partial charge in [0.1, 0.15) is 12.4 Å². The van der Waals surface area contributed by atoms with E-state index in [9.17, 15) is 0 Å². The van der Waals surface area contributed by atoms with Gasteiger partial charge in [0.15, 0.2) is 5.96 Å². The lowest BCUT2D eigenvalue weighted by Gasteiger charge is -2.12. The van der Waals surface area contributed by atoms with Crippen molar-refractivity contribution in [3.63, 3.8) is 0 Å². The Kier molecular flexibility index (Phi) is 14.8. The van der Waals surface area contributed by atoms with Gasteiger partial charge in [0.2, 0.25) is 0 Å². The van der Waals surface area contributed by atoms with Crippen LogP contribution in [0.1, 0.15) is 38.2 Å². The van der Waals surface area contributed by atoms with Crippen molar-refractivity contribution in [3.05, 3.63) is 29.8 Å². The van der Waals surface area contributed by atoms with Crippen LogP contribution in [0.4, 0.5) is 0 Å². The molecule has 0 radical (unpaired) electrons. The first kappa shape index (κ1) is 23.0. The van der Waals surface area contributed by atoms with Gasteiger partial charge in [-0.15, -0.1) is 24.0 Å². The minimum Gasteiger partial charge on any atom is -0.491 e. The van der Waals surface area contributed by atoms with E-state index in [4.69, 9.17) is 9.47 Å².